The van der Waals surface area contributed by atoms with Crippen LogP contribution in [-0.2, 0) is 4.79 Å². The zero-order chi connectivity index (χ0) is 15.1. The van der Waals surface area contributed by atoms with Crippen molar-refractivity contribution in [3.8, 4) is 0 Å². The van der Waals surface area contributed by atoms with Crippen molar-refractivity contribution in [3.63, 3.8) is 0 Å². The van der Waals surface area contributed by atoms with E-state index in [0.717, 1.165) is 18.7 Å². The molecule has 0 unspecified atom stereocenters. The summed E-state index contributed by atoms with van der Waals surface area (Å²) in [6.45, 7) is 3.84. The second-order valence-corrected chi connectivity index (χ2v) is 5.11. The topological polar surface area (TPSA) is 43.8 Å². The number of β-amino-alcohol motifs (C(OH)–C–C–N with tert-alkyl or cyclic N) is 1. The Labute approximate surface area is 124 Å². The van der Waals surface area contributed by atoms with Gasteiger partial charge in [0, 0.05) is 39.1 Å². The molecule has 1 aliphatic rings. The monoisotopic (exact) mass is 292 g/mol. The Balaban J connectivity index is 1.77. The lowest BCUT2D eigenvalue weighted by molar-refractivity contribution is -0.132. The number of aliphatic hydroxyl groups excluding tert-OH is 1. The number of piperazine rings is 1. The first-order valence-electron chi connectivity index (χ1n) is 7.22. The third kappa shape index (κ3) is 4.95. The summed E-state index contributed by atoms with van der Waals surface area (Å²) in [5, 5.41) is 8.88. The van der Waals surface area contributed by atoms with E-state index in [1.54, 1.807) is 24.3 Å². The van der Waals surface area contributed by atoms with Gasteiger partial charge in [-0.05, 0) is 17.7 Å². The molecule has 1 amide bonds. The number of carbonyl (C=O) groups excluding carboxylic acids is 1. The molecule has 0 aromatic heterocycles. The summed E-state index contributed by atoms with van der Waals surface area (Å²) in [6.07, 6.45) is 3.87. The number of nitrogens with zero attached hydrogens (tertiary/aromatic N) is 2. The Hall–Kier alpha value is -1.72. The number of amides is 1. The molecule has 1 fully saturated rings. The van der Waals surface area contributed by atoms with Gasteiger partial charge in [-0.15, -0.1) is 0 Å². The van der Waals surface area contributed by atoms with Crippen LogP contribution < -0.4 is 0 Å². The van der Waals surface area contributed by atoms with Crippen LogP contribution in [0.1, 0.15) is 12.0 Å². The summed E-state index contributed by atoms with van der Waals surface area (Å²) >= 11 is 0. The van der Waals surface area contributed by atoms with Crippen molar-refractivity contribution in [1.82, 2.24) is 9.80 Å². The molecule has 0 saturated carbocycles. The van der Waals surface area contributed by atoms with E-state index >= 15 is 0 Å². The van der Waals surface area contributed by atoms with Gasteiger partial charge in [0.25, 0.3) is 0 Å². The molecular formula is C16H21FN2O2. The molecule has 1 aliphatic heterocycles. The van der Waals surface area contributed by atoms with E-state index in [0.29, 0.717) is 26.1 Å². The SMILES string of the molecule is O=C(CC=Cc1cccc(F)c1)N1CCN(CCO)CC1. The summed E-state index contributed by atoms with van der Waals surface area (Å²) in [4.78, 5) is 16.0. The Morgan fingerprint density at radius 1 is 1.29 bits per heavy atom. The summed E-state index contributed by atoms with van der Waals surface area (Å²) < 4.78 is 13.0. The molecule has 0 radical (unpaired) electrons. The summed E-state index contributed by atoms with van der Waals surface area (Å²) in [6, 6.07) is 6.29. The molecule has 1 aromatic carbocycles. The van der Waals surface area contributed by atoms with Gasteiger partial charge in [0.15, 0.2) is 0 Å². The molecule has 4 nitrogen and oxygen atoms in total. The van der Waals surface area contributed by atoms with Gasteiger partial charge in [0.1, 0.15) is 5.82 Å². The van der Waals surface area contributed by atoms with Crippen LogP contribution in [0.25, 0.3) is 6.08 Å². The second kappa shape index (κ2) is 7.90. The number of aliphatic hydroxyl groups is 1. The molecule has 0 spiro atoms. The van der Waals surface area contributed by atoms with E-state index in [-0.39, 0.29) is 18.3 Å². The molecule has 1 N–H and O–H groups in total. The highest BCUT2D eigenvalue weighted by Gasteiger charge is 2.19. The largest absolute Gasteiger partial charge is 0.395 e. The molecule has 1 saturated heterocycles. The maximum Gasteiger partial charge on any atom is 0.226 e. The molecule has 2 rings (SSSR count). The maximum atomic E-state index is 13.0. The Kier molecular flexibility index (Phi) is 5.90. The Bertz CT molecular complexity index is 497. The highest BCUT2D eigenvalue weighted by Crippen LogP contribution is 2.08. The first-order valence-corrected chi connectivity index (χ1v) is 7.22. The maximum absolute atomic E-state index is 13.0. The lowest BCUT2D eigenvalue weighted by Gasteiger charge is -2.34. The molecule has 1 aromatic rings. The quantitative estimate of drug-likeness (QED) is 0.891. The minimum absolute atomic E-state index is 0.0892. The van der Waals surface area contributed by atoms with Gasteiger partial charge in [-0.3, -0.25) is 9.69 Å². The summed E-state index contributed by atoms with van der Waals surface area (Å²) in [5.74, 6) is -0.185. The molecule has 5 heteroatoms. The Morgan fingerprint density at radius 2 is 2.05 bits per heavy atom. The number of hydrogen-bond donors (Lipinski definition) is 1. The number of rotatable bonds is 5. The fourth-order valence-electron chi connectivity index (χ4n) is 2.40. The fourth-order valence-corrected chi connectivity index (χ4v) is 2.40. The molecule has 1 heterocycles. The van der Waals surface area contributed by atoms with Crippen molar-refractivity contribution in [2.45, 2.75) is 6.42 Å². The van der Waals surface area contributed by atoms with Gasteiger partial charge in [-0.2, -0.15) is 0 Å². The summed E-state index contributed by atoms with van der Waals surface area (Å²) in [5.41, 5.74) is 0.760. The first kappa shape index (κ1) is 15.7. The standard InChI is InChI=1S/C16H21FN2O2/c17-15-5-1-3-14(13-15)4-2-6-16(21)19-9-7-18(8-10-19)11-12-20/h1-5,13,20H,6-12H2. The zero-order valence-corrected chi connectivity index (χ0v) is 12.0. The lowest BCUT2D eigenvalue weighted by Crippen LogP contribution is -2.49. The van der Waals surface area contributed by atoms with Crippen LogP contribution in [0.15, 0.2) is 30.3 Å². The van der Waals surface area contributed by atoms with Gasteiger partial charge in [-0.1, -0.05) is 24.3 Å². The van der Waals surface area contributed by atoms with Crippen LogP contribution in [0.4, 0.5) is 4.39 Å². The number of hydrogen-bond acceptors (Lipinski definition) is 3. The van der Waals surface area contributed by atoms with E-state index in [9.17, 15) is 9.18 Å². The van der Waals surface area contributed by atoms with Gasteiger partial charge in [-0.25, -0.2) is 4.39 Å². The van der Waals surface area contributed by atoms with E-state index in [2.05, 4.69) is 4.90 Å². The molecule has 0 aliphatic carbocycles. The number of halogens is 1. The Morgan fingerprint density at radius 3 is 2.71 bits per heavy atom. The van der Waals surface area contributed by atoms with Gasteiger partial charge in [0.05, 0.1) is 6.61 Å². The first-order chi connectivity index (χ1) is 10.2. The predicted molar refractivity (Wildman–Crippen MR) is 80.2 cm³/mol. The van der Waals surface area contributed by atoms with Crippen molar-refractivity contribution in [2.75, 3.05) is 39.3 Å². The van der Waals surface area contributed by atoms with E-state index in [1.165, 1.54) is 12.1 Å². The molecule has 21 heavy (non-hydrogen) atoms. The van der Waals surface area contributed by atoms with Crippen LogP contribution in [0.3, 0.4) is 0 Å². The van der Waals surface area contributed by atoms with Crippen molar-refractivity contribution in [1.29, 1.82) is 0 Å². The summed E-state index contributed by atoms with van der Waals surface area (Å²) in [7, 11) is 0. The molecular weight excluding hydrogens is 271 g/mol. The van der Waals surface area contributed by atoms with Crippen LogP contribution in [-0.4, -0.2) is 60.1 Å². The third-order valence-electron chi connectivity index (χ3n) is 3.59. The normalized spacial score (nSPS) is 16.6. The average Bonchev–Trinajstić information content (AvgIpc) is 2.48. The van der Waals surface area contributed by atoms with Gasteiger partial charge in [0.2, 0.25) is 5.91 Å². The fraction of sp³-hybridized carbons (Fsp3) is 0.438. The van der Waals surface area contributed by atoms with Crippen LogP contribution in [0, 0.1) is 5.82 Å². The zero-order valence-electron chi connectivity index (χ0n) is 12.0. The van der Waals surface area contributed by atoms with Crippen molar-refractivity contribution >= 4 is 12.0 Å². The molecule has 0 bridgehead atoms. The highest BCUT2D eigenvalue weighted by molar-refractivity contribution is 5.78. The van der Waals surface area contributed by atoms with Crippen LogP contribution >= 0.6 is 0 Å². The number of benzene rings is 1. The van der Waals surface area contributed by atoms with E-state index < -0.39 is 0 Å². The van der Waals surface area contributed by atoms with Crippen LogP contribution in [0.5, 0.6) is 0 Å². The van der Waals surface area contributed by atoms with E-state index in [1.807, 2.05) is 4.90 Å². The minimum atomic E-state index is -0.275. The van der Waals surface area contributed by atoms with Gasteiger partial charge >= 0.3 is 0 Å². The smallest absolute Gasteiger partial charge is 0.226 e. The van der Waals surface area contributed by atoms with Crippen molar-refractivity contribution in [2.24, 2.45) is 0 Å². The average molecular weight is 292 g/mol. The number of carbonyl (C=O) groups is 1. The van der Waals surface area contributed by atoms with Crippen molar-refractivity contribution < 1.29 is 14.3 Å². The molecule has 0 atom stereocenters. The van der Waals surface area contributed by atoms with Gasteiger partial charge < -0.3 is 10.0 Å². The lowest BCUT2D eigenvalue weighted by atomic mass is 10.2. The molecule has 114 valence electrons. The second-order valence-electron chi connectivity index (χ2n) is 5.11. The van der Waals surface area contributed by atoms with Crippen molar-refractivity contribution in [3.05, 3.63) is 41.7 Å². The minimum Gasteiger partial charge on any atom is -0.395 e. The van der Waals surface area contributed by atoms with Crippen LogP contribution in [0.2, 0.25) is 0 Å². The van der Waals surface area contributed by atoms with E-state index in [4.69, 9.17) is 5.11 Å². The predicted octanol–water partition coefficient (Wildman–Crippen LogP) is 1.37. The highest BCUT2D eigenvalue weighted by atomic mass is 19.1. The third-order valence-corrected chi connectivity index (χ3v) is 3.59.